The summed E-state index contributed by atoms with van der Waals surface area (Å²) in [7, 11) is 1.57. The standard InChI is InChI=1S/C24H25NO6S/c1-3-29-24(27)21-16-8-4-7-11-20(16)32-23(21)25-22(26)19-13-12-15(31-19)14-30-18-10-6-5-9-17(18)28-2/h5-6,9-10,12-13H,3-4,7-8,11,14H2,1-2H3,(H,25,26). The number of esters is 1. The first-order valence-electron chi connectivity index (χ1n) is 10.6. The SMILES string of the molecule is CCOC(=O)c1c(NC(=O)c2ccc(COc3ccccc3OC)o2)sc2c1CCCC2. The largest absolute Gasteiger partial charge is 0.493 e. The van der Waals surface area contributed by atoms with Crippen molar-refractivity contribution in [3.63, 3.8) is 0 Å². The van der Waals surface area contributed by atoms with Crippen LogP contribution in [0.4, 0.5) is 5.00 Å². The number of carbonyl (C=O) groups excluding carboxylic acids is 2. The lowest BCUT2D eigenvalue weighted by atomic mass is 9.95. The Morgan fingerprint density at radius 2 is 1.88 bits per heavy atom. The predicted molar refractivity (Wildman–Crippen MR) is 121 cm³/mol. The van der Waals surface area contributed by atoms with Crippen molar-refractivity contribution < 1.29 is 28.2 Å². The lowest BCUT2D eigenvalue weighted by Gasteiger charge is -2.12. The summed E-state index contributed by atoms with van der Waals surface area (Å²) >= 11 is 1.44. The summed E-state index contributed by atoms with van der Waals surface area (Å²) < 4.78 is 21.9. The Kier molecular flexibility index (Phi) is 6.80. The van der Waals surface area contributed by atoms with E-state index in [0.29, 0.717) is 27.8 Å². The molecule has 0 aliphatic heterocycles. The summed E-state index contributed by atoms with van der Waals surface area (Å²) in [6, 6.07) is 10.6. The van der Waals surface area contributed by atoms with E-state index in [-0.39, 0.29) is 19.0 Å². The number of methoxy groups -OCH3 is 1. The zero-order valence-electron chi connectivity index (χ0n) is 18.1. The Labute approximate surface area is 190 Å². The molecule has 32 heavy (non-hydrogen) atoms. The highest BCUT2D eigenvalue weighted by atomic mass is 32.1. The minimum Gasteiger partial charge on any atom is -0.493 e. The number of thiophene rings is 1. The number of fused-ring (bicyclic) bond motifs is 1. The lowest BCUT2D eigenvalue weighted by molar-refractivity contribution is 0.0526. The first-order chi connectivity index (χ1) is 15.6. The minimum atomic E-state index is -0.419. The maximum Gasteiger partial charge on any atom is 0.341 e. The summed E-state index contributed by atoms with van der Waals surface area (Å²) in [4.78, 5) is 26.6. The molecule has 0 saturated carbocycles. The predicted octanol–water partition coefficient (Wildman–Crippen LogP) is 5.24. The Balaban J connectivity index is 1.47. The van der Waals surface area contributed by atoms with Crippen molar-refractivity contribution in [1.29, 1.82) is 0 Å². The number of nitrogens with one attached hydrogen (secondary N) is 1. The number of ether oxygens (including phenoxy) is 3. The number of benzene rings is 1. The number of aryl methyl sites for hydroxylation is 1. The van der Waals surface area contributed by atoms with E-state index in [1.54, 1.807) is 38.3 Å². The second-order valence-electron chi connectivity index (χ2n) is 7.30. The fourth-order valence-electron chi connectivity index (χ4n) is 3.70. The van der Waals surface area contributed by atoms with Crippen LogP contribution in [0.5, 0.6) is 11.5 Å². The summed E-state index contributed by atoms with van der Waals surface area (Å²) in [6.07, 6.45) is 3.84. The van der Waals surface area contributed by atoms with Crippen LogP contribution >= 0.6 is 11.3 Å². The molecule has 1 N–H and O–H groups in total. The molecule has 0 saturated heterocycles. The quantitative estimate of drug-likeness (QED) is 0.468. The molecule has 1 aliphatic carbocycles. The van der Waals surface area contributed by atoms with Gasteiger partial charge in [-0.2, -0.15) is 0 Å². The molecule has 0 bridgehead atoms. The highest BCUT2D eigenvalue weighted by Gasteiger charge is 2.28. The van der Waals surface area contributed by atoms with E-state index < -0.39 is 11.9 Å². The van der Waals surface area contributed by atoms with Gasteiger partial charge in [-0.05, 0) is 62.4 Å². The molecular formula is C24H25NO6S. The fourth-order valence-corrected chi connectivity index (χ4v) is 4.97. The number of amides is 1. The van der Waals surface area contributed by atoms with Crippen molar-refractivity contribution in [2.75, 3.05) is 19.0 Å². The number of furan rings is 1. The van der Waals surface area contributed by atoms with Gasteiger partial charge in [0.05, 0.1) is 19.3 Å². The Morgan fingerprint density at radius 1 is 1.09 bits per heavy atom. The van der Waals surface area contributed by atoms with Crippen molar-refractivity contribution in [3.05, 3.63) is 63.9 Å². The fraction of sp³-hybridized carbons (Fsp3) is 0.333. The van der Waals surface area contributed by atoms with Crippen LogP contribution in [0.1, 0.15) is 56.9 Å². The van der Waals surface area contributed by atoms with Crippen LogP contribution in [0.15, 0.2) is 40.8 Å². The van der Waals surface area contributed by atoms with Crippen molar-refractivity contribution >= 4 is 28.2 Å². The van der Waals surface area contributed by atoms with Gasteiger partial charge in [0, 0.05) is 4.88 Å². The number of hydrogen-bond acceptors (Lipinski definition) is 7. The number of hydrogen-bond donors (Lipinski definition) is 1. The zero-order chi connectivity index (χ0) is 22.5. The van der Waals surface area contributed by atoms with Crippen molar-refractivity contribution in [1.82, 2.24) is 0 Å². The van der Waals surface area contributed by atoms with Gasteiger partial charge in [0.1, 0.15) is 17.4 Å². The van der Waals surface area contributed by atoms with Crippen LogP contribution in [0.25, 0.3) is 0 Å². The summed E-state index contributed by atoms with van der Waals surface area (Å²) in [6.45, 7) is 2.20. The van der Waals surface area contributed by atoms with Gasteiger partial charge in [0.2, 0.25) is 0 Å². The Hall–Kier alpha value is -3.26. The number of carbonyl (C=O) groups is 2. The monoisotopic (exact) mass is 455 g/mol. The average molecular weight is 456 g/mol. The zero-order valence-corrected chi connectivity index (χ0v) is 18.9. The normalized spacial score (nSPS) is 12.7. The molecule has 1 aromatic carbocycles. The molecular weight excluding hydrogens is 430 g/mol. The third-order valence-corrected chi connectivity index (χ3v) is 6.41. The van der Waals surface area contributed by atoms with Crippen LogP contribution in [0.3, 0.4) is 0 Å². The molecule has 0 atom stereocenters. The highest BCUT2D eigenvalue weighted by molar-refractivity contribution is 7.17. The molecule has 1 amide bonds. The molecule has 2 heterocycles. The van der Waals surface area contributed by atoms with Crippen LogP contribution in [0, 0.1) is 0 Å². The van der Waals surface area contributed by atoms with E-state index in [2.05, 4.69) is 5.32 Å². The highest BCUT2D eigenvalue weighted by Crippen LogP contribution is 2.39. The van der Waals surface area contributed by atoms with E-state index in [1.807, 2.05) is 12.1 Å². The molecule has 2 aromatic heterocycles. The topological polar surface area (TPSA) is 87.0 Å². The molecule has 0 radical (unpaired) electrons. The van der Waals surface area contributed by atoms with E-state index in [0.717, 1.165) is 36.1 Å². The van der Waals surface area contributed by atoms with Crippen molar-refractivity contribution in [2.24, 2.45) is 0 Å². The van der Waals surface area contributed by atoms with Gasteiger partial charge in [-0.3, -0.25) is 4.79 Å². The first-order valence-corrected chi connectivity index (χ1v) is 11.4. The maximum atomic E-state index is 12.8. The minimum absolute atomic E-state index is 0.143. The molecule has 4 rings (SSSR count). The number of rotatable bonds is 8. The number of anilines is 1. The van der Waals surface area contributed by atoms with Crippen LogP contribution in [-0.2, 0) is 24.2 Å². The number of para-hydroxylation sites is 2. The van der Waals surface area contributed by atoms with Gasteiger partial charge in [-0.15, -0.1) is 11.3 Å². The maximum absolute atomic E-state index is 12.8. The van der Waals surface area contributed by atoms with E-state index in [1.165, 1.54) is 11.3 Å². The molecule has 168 valence electrons. The van der Waals surface area contributed by atoms with E-state index in [9.17, 15) is 9.59 Å². The summed E-state index contributed by atoms with van der Waals surface area (Å²) in [5.41, 5.74) is 1.48. The lowest BCUT2D eigenvalue weighted by Crippen LogP contribution is -2.15. The molecule has 0 spiro atoms. The molecule has 7 nitrogen and oxygen atoms in total. The smallest absolute Gasteiger partial charge is 0.341 e. The molecule has 8 heteroatoms. The average Bonchev–Trinajstić information content (AvgIpc) is 3.42. The molecule has 0 unspecified atom stereocenters. The van der Waals surface area contributed by atoms with Crippen LogP contribution < -0.4 is 14.8 Å². The van der Waals surface area contributed by atoms with Crippen molar-refractivity contribution in [2.45, 2.75) is 39.2 Å². The molecule has 0 fully saturated rings. The first kappa shape index (κ1) is 22.0. The van der Waals surface area contributed by atoms with Gasteiger partial charge in [-0.1, -0.05) is 12.1 Å². The van der Waals surface area contributed by atoms with Gasteiger partial charge < -0.3 is 23.9 Å². The third kappa shape index (κ3) is 4.65. The van der Waals surface area contributed by atoms with Crippen LogP contribution in [0.2, 0.25) is 0 Å². The second kappa shape index (κ2) is 9.91. The van der Waals surface area contributed by atoms with E-state index >= 15 is 0 Å². The second-order valence-corrected chi connectivity index (χ2v) is 8.40. The Morgan fingerprint density at radius 3 is 2.66 bits per heavy atom. The third-order valence-electron chi connectivity index (χ3n) is 5.20. The van der Waals surface area contributed by atoms with Crippen LogP contribution in [-0.4, -0.2) is 25.6 Å². The van der Waals surface area contributed by atoms with Gasteiger partial charge >= 0.3 is 5.97 Å². The summed E-state index contributed by atoms with van der Waals surface area (Å²) in [5.74, 6) is 1.03. The van der Waals surface area contributed by atoms with Gasteiger partial charge in [0.15, 0.2) is 17.3 Å². The van der Waals surface area contributed by atoms with Gasteiger partial charge in [-0.25, -0.2) is 4.79 Å². The van der Waals surface area contributed by atoms with E-state index in [4.69, 9.17) is 18.6 Å². The Bertz CT molecular complexity index is 1120. The van der Waals surface area contributed by atoms with Crippen molar-refractivity contribution in [3.8, 4) is 11.5 Å². The summed E-state index contributed by atoms with van der Waals surface area (Å²) in [5, 5.41) is 3.37. The van der Waals surface area contributed by atoms with Gasteiger partial charge in [0.25, 0.3) is 5.91 Å². The molecule has 1 aliphatic rings. The molecule has 3 aromatic rings.